The number of hydrogen-bond acceptors (Lipinski definition) is 9. The first-order chi connectivity index (χ1) is 33.5. The first kappa shape index (κ1) is 41.5. The third-order valence-corrected chi connectivity index (χ3v) is 11.7. The van der Waals surface area contributed by atoms with Crippen molar-refractivity contribution in [2.24, 2.45) is 0 Å². The number of rotatable bonds is 10. The zero-order chi connectivity index (χ0) is 45.8. The van der Waals surface area contributed by atoms with E-state index in [1.807, 2.05) is 147 Å². The van der Waals surface area contributed by atoms with Crippen molar-refractivity contribution in [1.82, 2.24) is 44.9 Å². The molecule has 0 unspecified atom stereocenters. The molecule has 322 valence electrons. The highest BCUT2D eigenvalue weighted by atomic mass is 15.0. The Bertz CT molecular complexity index is 3490. The summed E-state index contributed by atoms with van der Waals surface area (Å²) in [7, 11) is 0. The summed E-state index contributed by atoms with van der Waals surface area (Å²) in [5.74, 6) is 4.15. The summed E-state index contributed by atoms with van der Waals surface area (Å²) in [6.45, 7) is 4.01. The highest BCUT2D eigenvalue weighted by Crippen LogP contribution is 2.40. The summed E-state index contributed by atoms with van der Waals surface area (Å²) in [6.07, 6.45) is 3.64. The Morgan fingerprint density at radius 2 is 0.632 bits per heavy atom. The molecule has 0 aliphatic rings. The highest BCUT2D eigenvalue weighted by Gasteiger charge is 2.20. The Hall–Kier alpha value is -9.21. The SMILES string of the molecule is Cc1cc(C)nc(-c2cc(-c3ccc(-c4nc(-c5ccccc5)nc(-c5ccccc5)n4)cc3)ccc2-c2ccccc2-c2nc(-c3ccccc3)nc(-c3cccc(-c4cccnc4)c3)n2)n1. The van der Waals surface area contributed by atoms with Crippen molar-refractivity contribution >= 4 is 0 Å². The Morgan fingerprint density at radius 1 is 0.235 bits per heavy atom. The van der Waals surface area contributed by atoms with Crippen molar-refractivity contribution in [3.8, 4) is 113 Å². The Balaban J connectivity index is 1.02. The quantitative estimate of drug-likeness (QED) is 0.132. The Morgan fingerprint density at radius 3 is 1.19 bits per heavy atom. The van der Waals surface area contributed by atoms with E-state index < -0.39 is 0 Å². The maximum Gasteiger partial charge on any atom is 0.164 e. The summed E-state index contributed by atoms with van der Waals surface area (Å²) in [6, 6.07) is 67.4. The van der Waals surface area contributed by atoms with Crippen LogP contribution in [0.4, 0.5) is 0 Å². The van der Waals surface area contributed by atoms with Crippen molar-refractivity contribution in [3.63, 3.8) is 0 Å². The predicted octanol–water partition coefficient (Wildman–Crippen LogP) is 13.5. The first-order valence-electron chi connectivity index (χ1n) is 22.4. The average molecular weight is 876 g/mol. The largest absolute Gasteiger partial charge is 0.264 e. The topological polar surface area (TPSA) is 116 Å². The van der Waals surface area contributed by atoms with Gasteiger partial charge in [-0.3, -0.25) is 4.98 Å². The first-order valence-corrected chi connectivity index (χ1v) is 22.4. The average Bonchev–Trinajstić information content (AvgIpc) is 3.41. The summed E-state index contributed by atoms with van der Waals surface area (Å²) < 4.78 is 0. The molecule has 0 radical (unpaired) electrons. The molecule has 0 amide bonds. The lowest BCUT2D eigenvalue weighted by Crippen LogP contribution is -2.02. The van der Waals surface area contributed by atoms with Gasteiger partial charge in [-0.25, -0.2) is 39.9 Å². The summed E-state index contributed by atoms with van der Waals surface area (Å²) in [4.78, 5) is 44.6. The molecule has 68 heavy (non-hydrogen) atoms. The fraction of sp³-hybridized carbons (Fsp3) is 0.0339. The van der Waals surface area contributed by atoms with Crippen molar-refractivity contribution in [1.29, 1.82) is 0 Å². The number of aromatic nitrogens is 9. The van der Waals surface area contributed by atoms with Gasteiger partial charge in [0.15, 0.2) is 40.8 Å². The molecule has 0 saturated carbocycles. The van der Waals surface area contributed by atoms with Crippen LogP contribution >= 0.6 is 0 Å². The highest BCUT2D eigenvalue weighted by molar-refractivity contribution is 5.91. The second-order valence-electron chi connectivity index (χ2n) is 16.4. The normalized spacial score (nSPS) is 11.1. The van der Waals surface area contributed by atoms with Crippen molar-refractivity contribution in [2.75, 3.05) is 0 Å². The van der Waals surface area contributed by atoms with Crippen LogP contribution in [0.1, 0.15) is 11.4 Å². The van der Waals surface area contributed by atoms with E-state index in [-0.39, 0.29) is 0 Å². The minimum atomic E-state index is 0.548. The van der Waals surface area contributed by atoms with Gasteiger partial charge >= 0.3 is 0 Å². The van der Waals surface area contributed by atoms with Crippen LogP contribution in [0.25, 0.3) is 113 Å². The fourth-order valence-corrected chi connectivity index (χ4v) is 8.37. The number of aryl methyl sites for hydroxylation is 2. The molecular formula is C59H41N9. The Labute approximate surface area is 394 Å². The number of benzene rings is 7. The van der Waals surface area contributed by atoms with Crippen LogP contribution in [0, 0.1) is 13.8 Å². The Kier molecular flexibility index (Phi) is 11.2. The third-order valence-electron chi connectivity index (χ3n) is 11.7. The van der Waals surface area contributed by atoms with E-state index in [1.54, 1.807) is 6.20 Å². The van der Waals surface area contributed by atoms with Crippen molar-refractivity contribution in [2.45, 2.75) is 13.8 Å². The van der Waals surface area contributed by atoms with Gasteiger partial charge in [0.25, 0.3) is 0 Å². The fourth-order valence-electron chi connectivity index (χ4n) is 8.37. The molecule has 9 heteroatoms. The number of nitrogens with zero attached hydrogens (tertiary/aromatic N) is 9. The van der Waals surface area contributed by atoms with E-state index in [1.165, 1.54) is 0 Å². The molecule has 4 aromatic heterocycles. The van der Waals surface area contributed by atoms with Crippen LogP contribution in [0.3, 0.4) is 0 Å². The molecule has 11 aromatic rings. The molecule has 0 saturated heterocycles. The maximum absolute atomic E-state index is 5.21. The minimum absolute atomic E-state index is 0.548. The lowest BCUT2D eigenvalue weighted by atomic mass is 9.91. The van der Waals surface area contributed by atoms with E-state index in [4.69, 9.17) is 39.9 Å². The second kappa shape index (κ2) is 18.3. The smallest absolute Gasteiger partial charge is 0.164 e. The zero-order valence-corrected chi connectivity index (χ0v) is 37.2. The molecule has 0 aliphatic carbocycles. The summed E-state index contributed by atoms with van der Waals surface area (Å²) >= 11 is 0. The molecule has 0 N–H and O–H groups in total. The molecule has 11 rings (SSSR count). The van der Waals surface area contributed by atoms with E-state index in [2.05, 4.69) is 77.8 Å². The third kappa shape index (κ3) is 8.67. The van der Waals surface area contributed by atoms with E-state index in [9.17, 15) is 0 Å². The van der Waals surface area contributed by atoms with Gasteiger partial charge in [0.1, 0.15) is 0 Å². The predicted molar refractivity (Wildman–Crippen MR) is 270 cm³/mol. The minimum Gasteiger partial charge on any atom is -0.264 e. The van der Waals surface area contributed by atoms with Gasteiger partial charge in [-0.05, 0) is 65.9 Å². The van der Waals surface area contributed by atoms with Crippen LogP contribution in [0.5, 0.6) is 0 Å². The van der Waals surface area contributed by atoms with Crippen LogP contribution in [-0.2, 0) is 0 Å². The molecule has 0 aliphatic heterocycles. The van der Waals surface area contributed by atoms with Crippen molar-refractivity contribution in [3.05, 3.63) is 224 Å². The van der Waals surface area contributed by atoms with Gasteiger partial charge in [-0.15, -0.1) is 0 Å². The van der Waals surface area contributed by atoms with Gasteiger partial charge < -0.3 is 0 Å². The standard InChI is InChI=1S/C59H41N9/c1-38-34-39(2)62-59(61-38)52-36-46(40-27-29-44(30-28-40)56-64-53(41-16-6-3-7-17-41)63-54(65-56)42-18-8-4-9-19-42)31-32-50(52)49-25-12-13-26-51(49)58-67-55(43-20-10-5-11-21-43)66-57(68-58)47-23-14-22-45(35-47)48-24-15-33-60-37-48/h3-37H,1-2H3. The molecule has 4 heterocycles. The van der Waals surface area contributed by atoms with Gasteiger partial charge in [0, 0.05) is 68.3 Å². The lowest BCUT2D eigenvalue weighted by Gasteiger charge is -2.16. The lowest BCUT2D eigenvalue weighted by molar-refractivity contribution is 1.06. The molecule has 0 fully saturated rings. The molecule has 9 nitrogen and oxygen atoms in total. The van der Waals surface area contributed by atoms with Gasteiger partial charge in [-0.2, -0.15) is 0 Å². The molecule has 0 spiro atoms. The van der Waals surface area contributed by atoms with Crippen LogP contribution < -0.4 is 0 Å². The second-order valence-corrected chi connectivity index (χ2v) is 16.4. The number of hydrogen-bond donors (Lipinski definition) is 0. The maximum atomic E-state index is 5.21. The van der Waals surface area contributed by atoms with E-state index in [0.717, 1.165) is 83.7 Å². The van der Waals surface area contributed by atoms with Crippen LogP contribution in [-0.4, -0.2) is 44.9 Å². The van der Waals surface area contributed by atoms with Crippen LogP contribution in [0.15, 0.2) is 213 Å². The summed E-state index contributed by atoms with van der Waals surface area (Å²) in [5, 5.41) is 0. The van der Waals surface area contributed by atoms with E-state index in [0.29, 0.717) is 40.8 Å². The zero-order valence-electron chi connectivity index (χ0n) is 37.2. The summed E-state index contributed by atoms with van der Waals surface area (Å²) in [5.41, 5.74) is 13.9. The van der Waals surface area contributed by atoms with E-state index >= 15 is 0 Å². The van der Waals surface area contributed by atoms with Gasteiger partial charge in [0.05, 0.1) is 0 Å². The van der Waals surface area contributed by atoms with Gasteiger partial charge in [-0.1, -0.05) is 176 Å². The molecular weight excluding hydrogens is 835 g/mol. The molecule has 0 atom stereocenters. The monoisotopic (exact) mass is 875 g/mol. The molecule has 7 aromatic carbocycles. The molecule has 0 bridgehead atoms. The van der Waals surface area contributed by atoms with Crippen molar-refractivity contribution < 1.29 is 0 Å². The number of pyridine rings is 1. The van der Waals surface area contributed by atoms with Gasteiger partial charge in [0.2, 0.25) is 0 Å². The van der Waals surface area contributed by atoms with Crippen LogP contribution in [0.2, 0.25) is 0 Å².